The fraction of sp³-hybridized carbons (Fsp3) is 0.0769. The summed E-state index contributed by atoms with van der Waals surface area (Å²) in [6.45, 7) is 0. The van der Waals surface area contributed by atoms with Gasteiger partial charge in [0.1, 0.15) is 0 Å². The average Bonchev–Trinajstić information content (AvgIpc) is 2.90. The molecule has 10 nitrogen and oxygen atoms in total. The van der Waals surface area contributed by atoms with Crippen LogP contribution in [0.25, 0.3) is 23.3 Å². The number of esters is 2. The predicted octanol–water partition coefficient (Wildman–Crippen LogP) is 4.93. The summed E-state index contributed by atoms with van der Waals surface area (Å²) in [6, 6.07) is 18.6. The summed E-state index contributed by atoms with van der Waals surface area (Å²) in [5.41, 5.74) is -0.549. The standard InChI is InChI=1S/C26H20N2O8/c1-35-25(29)21(17-9-5-3-6-10-17)14-19-13-20(24(28(33)34)16-23(19)27(31)32)15-22(26(30)36-2)18-11-7-4-8-12-18/h3-16H,1-2H3/b21-14+,22-15+. The molecule has 0 fully saturated rings. The van der Waals surface area contributed by atoms with E-state index in [1.807, 2.05) is 0 Å². The lowest BCUT2D eigenvalue weighted by Gasteiger charge is -2.09. The normalized spacial score (nSPS) is 11.5. The summed E-state index contributed by atoms with van der Waals surface area (Å²) in [6.07, 6.45) is 2.45. The Kier molecular flexibility index (Phi) is 8.03. The minimum Gasteiger partial charge on any atom is -0.465 e. The van der Waals surface area contributed by atoms with Gasteiger partial charge in [-0.3, -0.25) is 20.2 Å². The molecule has 0 saturated carbocycles. The molecule has 3 rings (SSSR count). The topological polar surface area (TPSA) is 139 Å². The quantitative estimate of drug-likeness (QED) is 0.143. The highest BCUT2D eigenvalue weighted by atomic mass is 16.6. The average molecular weight is 488 g/mol. The van der Waals surface area contributed by atoms with Gasteiger partial charge in [0.25, 0.3) is 11.4 Å². The number of methoxy groups -OCH3 is 2. The number of hydrogen-bond donors (Lipinski definition) is 0. The lowest BCUT2D eigenvalue weighted by atomic mass is 9.97. The molecular weight excluding hydrogens is 468 g/mol. The van der Waals surface area contributed by atoms with Gasteiger partial charge in [0.15, 0.2) is 0 Å². The van der Waals surface area contributed by atoms with Crippen LogP contribution >= 0.6 is 0 Å². The van der Waals surface area contributed by atoms with Crippen molar-refractivity contribution >= 4 is 46.6 Å². The molecule has 0 aliphatic heterocycles. The second-order valence-electron chi connectivity index (χ2n) is 7.32. The maximum atomic E-state index is 12.5. The van der Waals surface area contributed by atoms with Crippen molar-refractivity contribution in [3.8, 4) is 0 Å². The van der Waals surface area contributed by atoms with Crippen LogP contribution in [-0.4, -0.2) is 36.0 Å². The number of carbonyl (C=O) groups excluding carboxylic acids is 2. The molecule has 0 aliphatic carbocycles. The first-order valence-electron chi connectivity index (χ1n) is 10.4. The number of benzene rings is 3. The third-order valence-electron chi connectivity index (χ3n) is 5.15. The van der Waals surface area contributed by atoms with Crippen LogP contribution < -0.4 is 0 Å². The second-order valence-corrected chi connectivity index (χ2v) is 7.32. The van der Waals surface area contributed by atoms with E-state index < -0.39 is 33.2 Å². The molecule has 182 valence electrons. The molecule has 0 N–H and O–H groups in total. The smallest absolute Gasteiger partial charge is 0.338 e. The summed E-state index contributed by atoms with van der Waals surface area (Å²) >= 11 is 0. The van der Waals surface area contributed by atoms with Crippen molar-refractivity contribution in [2.75, 3.05) is 14.2 Å². The molecule has 10 heteroatoms. The molecule has 0 radical (unpaired) electrons. The summed E-state index contributed by atoms with van der Waals surface area (Å²) in [5.74, 6) is -1.52. The minimum absolute atomic E-state index is 0.00114. The van der Waals surface area contributed by atoms with Gasteiger partial charge in [-0.1, -0.05) is 60.7 Å². The number of ether oxygens (including phenoxy) is 2. The fourth-order valence-electron chi connectivity index (χ4n) is 3.45. The van der Waals surface area contributed by atoms with Crippen molar-refractivity contribution in [2.24, 2.45) is 0 Å². The monoisotopic (exact) mass is 488 g/mol. The molecule has 0 aliphatic rings. The Balaban J connectivity index is 2.35. The third kappa shape index (κ3) is 5.68. The maximum Gasteiger partial charge on any atom is 0.338 e. The molecule has 0 amide bonds. The predicted molar refractivity (Wildman–Crippen MR) is 132 cm³/mol. The van der Waals surface area contributed by atoms with Crippen molar-refractivity contribution in [3.63, 3.8) is 0 Å². The molecule has 0 heterocycles. The van der Waals surface area contributed by atoms with Gasteiger partial charge in [-0.15, -0.1) is 0 Å². The van der Waals surface area contributed by atoms with Crippen molar-refractivity contribution in [2.45, 2.75) is 0 Å². The zero-order valence-electron chi connectivity index (χ0n) is 19.2. The number of rotatable bonds is 8. The van der Waals surface area contributed by atoms with E-state index in [9.17, 15) is 29.8 Å². The summed E-state index contributed by atoms with van der Waals surface area (Å²) in [4.78, 5) is 47.1. The van der Waals surface area contributed by atoms with Crippen LogP contribution in [0, 0.1) is 20.2 Å². The molecule has 0 aromatic heterocycles. The highest BCUT2D eigenvalue weighted by Gasteiger charge is 2.26. The number of carbonyl (C=O) groups is 2. The molecule has 3 aromatic rings. The van der Waals surface area contributed by atoms with E-state index in [1.165, 1.54) is 32.4 Å². The Morgan fingerprint density at radius 3 is 1.33 bits per heavy atom. The van der Waals surface area contributed by atoms with Gasteiger partial charge in [0, 0.05) is 0 Å². The third-order valence-corrected chi connectivity index (χ3v) is 5.15. The molecule has 36 heavy (non-hydrogen) atoms. The highest BCUT2D eigenvalue weighted by Crippen LogP contribution is 2.34. The molecular formula is C26H20N2O8. The number of nitro groups is 2. The SMILES string of the molecule is COC(=O)/C(=C/c1cc(/C=C(/C(=O)OC)c2ccccc2)c([N+](=O)[O-])cc1[N+](=O)[O-])c1ccccc1. The zero-order chi connectivity index (χ0) is 26.2. The zero-order valence-corrected chi connectivity index (χ0v) is 19.2. The Labute approximate surface area is 205 Å². The van der Waals surface area contributed by atoms with E-state index >= 15 is 0 Å². The molecule has 0 bridgehead atoms. The van der Waals surface area contributed by atoms with Gasteiger partial charge in [-0.25, -0.2) is 9.59 Å². The lowest BCUT2D eigenvalue weighted by Crippen LogP contribution is -2.06. The first-order valence-corrected chi connectivity index (χ1v) is 10.4. The Morgan fingerprint density at radius 1 is 0.667 bits per heavy atom. The van der Waals surface area contributed by atoms with Gasteiger partial charge in [-0.05, 0) is 29.3 Å². The van der Waals surface area contributed by atoms with Crippen LogP contribution in [-0.2, 0) is 19.1 Å². The molecule has 0 atom stereocenters. The van der Waals surface area contributed by atoms with Gasteiger partial charge in [-0.2, -0.15) is 0 Å². The molecule has 3 aromatic carbocycles. The largest absolute Gasteiger partial charge is 0.465 e. The number of nitrogens with zero attached hydrogens (tertiary/aromatic N) is 2. The van der Waals surface area contributed by atoms with Crippen LogP contribution in [0.15, 0.2) is 72.8 Å². The van der Waals surface area contributed by atoms with E-state index in [4.69, 9.17) is 9.47 Å². The highest BCUT2D eigenvalue weighted by molar-refractivity contribution is 6.23. The second kappa shape index (κ2) is 11.3. The minimum atomic E-state index is -0.787. The van der Waals surface area contributed by atoms with Crippen LogP contribution in [0.2, 0.25) is 0 Å². The van der Waals surface area contributed by atoms with Crippen molar-refractivity contribution < 1.29 is 28.9 Å². The number of nitro benzene ring substituents is 2. The Hall–Kier alpha value is -5.12. The van der Waals surface area contributed by atoms with E-state index in [0.29, 0.717) is 11.1 Å². The first-order chi connectivity index (χ1) is 17.3. The van der Waals surface area contributed by atoms with E-state index in [1.54, 1.807) is 60.7 Å². The van der Waals surface area contributed by atoms with Crippen LogP contribution in [0.5, 0.6) is 0 Å². The number of hydrogen-bond acceptors (Lipinski definition) is 8. The summed E-state index contributed by atoms with van der Waals surface area (Å²) in [7, 11) is 2.33. The molecule has 0 saturated heterocycles. The van der Waals surface area contributed by atoms with Gasteiger partial charge in [0.05, 0.1) is 52.4 Å². The Bertz CT molecular complexity index is 1280. The van der Waals surface area contributed by atoms with Crippen molar-refractivity contribution in [1.82, 2.24) is 0 Å². The van der Waals surface area contributed by atoms with Crippen molar-refractivity contribution in [3.05, 3.63) is 115 Å². The lowest BCUT2D eigenvalue weighted by molar-refractivity contribution is -0.394. The summed E-state index contributed by atoms with van der Waals surface area (Å²) in [5, 5.41) is 23.6. The Morgan fingerprint density at radius 2 is 1.03 bits per heavy atom. The molecule has 0 spiro atoms. The first kappa shape index (κ1) is 25.5. The van der Waals surface area contributed by atoms with E-state index in [2.05, 4.69) is 0 Å². The van der Waals surface area contributed by atoms with Crippen LogP contribution in [0.1, 0.15) is 22.3 Å². The van der Waals surface area contributed by atoms with E-state index in [0.717, 1.165) is 6.07 Å². The maximum absolute atomic E-state index is 12.5. The van der Waals surface area contributed by atoms with Gasteiger partial charge < -0.3 is 9.47 Å². The molecule has 0 unspecified atom stereocenters. The van der Waals surface area contributed by atoms with Crippen LogP contribution in [0.4, 0.5) is 11.4 Å². The summed E-state index contributed by atoms with van der Waals surface area (Å²) < 4.78 is 9.68. The van der Waals surface area contributed by atoms with E-state index in [-0.39, 0.29) is 22.3 Å². The van der Waals surface area contributed by atoms with Crippen LogP contribution in [0.3, 0.4) is 0 Å². The fourth-order valence-corrected chi connectivity index (χ4v) is 3.45. The van der Waals surface area contributed by atoms with Crippen molar-refractivity contribution in [1.29, 1.82) is 0 Å². The van der Waals surface area contributed by atoms with Gasteiger partial charge in [0.2, 0.25) is 0 Å². The van der Waals surface area contributed by atoms with Gasteiger partial charge >= 0.3 is 11.9 Å².